The SMILES string of the molecule is CC.CC(=O)OC[C@@H]1[C@H](CO)[C@H]2O[C@@H]1c1cc3c(cc12)OCO3. The first-order valence-corrected chi connectivity index (χ1v) is 8.02. The standard InChI is InChI=1S/C15H16O6.C2H6/c1-7(17)18-5-11-10(4-16)14-8-2-12-13(20-6-19-12)3-9(8)15(11)21-14;1-2/h2-3,10-11,14-16H,4-6H2,1H3;1-2H3/t10-,11+,14-,15+;/m0./s1. The summed E-state index contributed by atoms with van der Waals surface area (Å²) in [6.07, 6.45) is -0.346. The molecule has 0 saturated carbocycles. The number of hydrogen-bond donors (Lipinski definition) is 1. The molecule has 6 heteroatoms. The number of rotatable bonds is 3. The second kappa shape index (κ2) is 6.37. The number of benzene rings is 1. The Morgan fingerprint density at radius 2 is 1.74 bits per heavy atom. The molecule has 23 heavy (non-hydrogen) atoms. The van der Waals surface area contributed by atoms with Crippen LogP contribution in [0.15, 0.2) is 12.1 Å². The lowest BCUT2D eigenvalue weighted by Gasteiger charge is -2.27. The Hall–Kier alpha value is -1.79. The normalized spacial score (nSPS) is 28.9. The van der Waals surface area contributed by atoms with E-state index in [0.717, 1.165) is 22.6 Å². The zero-order chi connectivity index (χ0) is 16.6. The van der Waals surface area contributed by atoms with Gasteiger partial charge in [-0.1, -0.05) is 13.8 Å². The maximum atomic E-state index is 11.0. The van der Waals surface area contributed by atoms with Crippen molar-refractivity contribution in [1.82, 2.24) is 0 Å². The van der Waals surface area contributed by atoms with Gasteiger partial charge >= 0.3 is 5.97 Å². The second-order valence-corrected chi connectivity index (χ2v) is 5.62. The topological polar surface area (TPSA) is 74.2 Å². The minimum Gasteiger partial charge on any atom is -0.465 e. The molecule has 0 aliphatic carbocycles. The van der Waals surface area contributed by atoms with Crippen molar-refractivity contribution in [1.29, 1.82) is 0 Å². The van der Waals surface area contributed by atoms with Gasteiger partial charge in [0.1, 0.15) is 0 Å². The van der Waals surface area contributed by atoms with Gasteiger partial charge < -0.3 is 24.1 Å². The first kappa shape index (κ1) is 16.1. The van der Waals surface area contributed by atoms with E-state index >= 15 is 0 Å². The van der Waals surface area contributed by atoms with Crippen LogP contribution in [-0.2, 0) is 14.3 Å². The zero-order valence-electron chi connectivity index (χ0n) is 13.6. The molecule has 1 saturated heterocycles. The van der Waals surface area contributed by atoms with E-state index in [-0.39, 0.29) is 50.0 Å². The van der Waals surface area contributed by atoms with Crippen LogP contribution in [0.4, 0.5) is 0 Å². The Morgan fingerprint density at radius 1 is 1.17 bits per heavy atom. The predicted octanol–water partition coefficient (Wildman–Crippen LogP) is 2.36. The lowest BCUT2D eigenvalue weighted by molar-refractivity contribution is -0.143. The molecule has 1 fully saturated rings. The van der Waals surface area contributed by atoms with Crippen LogP contribution in [0.5, 0.6) is 11.5 Å². The number of aliphatic hydroxyl groups excluding tert-OH is 1. The maximum Gasteiger partial charge on any atom is 0.302 e. The van der Waals surface area contributed by atoms with Crippen molar-refractivity contribution in [2.45, 2.75) is 33.0 Å². The minimum atomic E-state index is -0.319. The fourth-order valence-electron chi connectivity index (χ4n) is 3.54. The largest absolute Gasteiger partial charge is 0.465 e. The van der Waals surface area contributed by atoms with Gasteiger partial charge in [0.25, 0.3) is 0 Å². The molecule has 1 aromatic rings. The van der Waals surface area contributed by atoms with Gasteiger partial charge in [-0.25, -0.2) is 0 Å². The van der Waals surface area contributed by atoms with Crippen LogP contribution < -0.4 is 9.47 Å². The Morgan fingerprint density at radius 3 is 2.26 bits per heavy atom. The summed E-state index contributed by atoms with van der Waals surface area (Å²) >= 11 is 0. The van der Waals surface area contributed by atoms with Crippen LogP contribution >= 0.6 is 0 Å². The van der Waals surface area contributed by atoms with Crippen molar-refractivity contribution in [2.75, 3.05) is 20.0 Å². The lowest BCUT2D eigenvalue weighted by Crippen LogP contribution is -2.29. The van der Waals surface area contributed by atoms with Gasteiger partial charge in [-0.15, -0.1) is 0 Å². The molecule has 126 valence electrons. The minimum absolute atomic E-state index is 0.000972. The van der Waals surface area contributed by atoms with Crippen molar-refractivity contribution in [3.63, 3.8) is 0 Å². The van der Waals surface area contributed by atoms with Crippen LogP contribution in [0.1, 0.15) is 44.1 Å². The zero-order valence-corrected chi connectivity index (χ0v) is 13.6. The van der Waals surface area contributed by atoms with E-state index in [2.05, 4.69) is 0 Å². The van der Waals surface area contributed by atoms with Crippen LogP contribution in [0, 0.1) is 11.8 Å². The van der Waals surface area contributed by atoms with E-state index in [1.807, 2.05) is 26.0 Å². The molecule has 4 atom stereocenters. The van der Waals surface area contributed by atoms with Crippen molar-refractivity contribution < 1.29 is 28.8 Å². The van der Waals surface area contributed by atoms with Crippen LogP contribution in [0.2, 0.25) is 0 Å². The molecule has 1 N–H and O–H groups in total. The molecule has 0 aromatic heterocycles. The molecule has 3 heterocycles. The van der Waals surface area contributed by atoms with Crippen LogP contribution in [-0.4, -0.2) is 31.1 Å². The van der Waals surface area contributed by atoms with Crippen LogP contribution in [0.25, 0.3) is 0 Å². The number of carbonyl (C=O) groups is 1. The summed E-state index contributed by atoms with van der Waals surface area (Å²) in [4.78, 5) is 11.0. The summed E-state index contributed by atoms with van der Waals surface area (Å²) < 4.78 is 21.9. The lowest BCUT2D eigenvalue weighted by atomic mass is 9.76. The molecule has 0 radical (unpaired) electrons. The summed E-state index contributed by atoms with van der Waals surface area (Å²) in [6, 6.07) is 3.88. The Labute approximate surface area is 135 Å². The highest BCUT2D eigenvalue weighted by molar-refractivity contribution is 5.66. The summed E-state index contributed by atoms with van der Waals surface area (Å²) in [5, 5.41) is 9.67. The average molecular weight is 322 g/mol. The Kier molecular flexibility index (Phi) is 4.46. The highest BCUT2D eigenvalue weighted by atomic mass is 16.7. The predicted molar refractivity (Wildman–Crippen MR) is 81.2 cm³/mol. The molecule has 4 rings (SSSR count). The van der Waals surface area contributed by atoms with Gasteiger partial charge in [0, 0.05) is 25.4 Å². The smallest absolute Gasteiger partial charge is 0.302 e. The number of esters is 1. The van der Waals surface area contributed by atoms with E-state index in [4.69, 9.17) is 18.9 Å². The van der Waals surface area contributed by atoms with E-state index in [1.54, 1.807) is 0 Å². The Bertz CT molecular complexity index is 599. The summed E-state index contributed by atoms with van der Waals surface area (Å²) in [5.74, 6) is 1.02. The quantitative estimate of drug-likeness (QED) is 0.861. The number of ether oxygens (including phenoxy) is 4. The fraction of sp³-hybridized carbons (Fsp3) is 0.588. The molecule has 0 unspecified atom stereocenters. The van der Waals surface area contributed by atoms with Crippen molar-refractivity contribution in [3.05, 3.63) is 23.3 Å². The number of carbonyl (C=O) groups excluding carboxylic acids is 1. The van der Waals surface area contributed by atoms with E-state index in [0.29, 0.717) is 0 Å². The third kappa shape index (κ3) is 2.56. The average Bonchev–Trinajstić information content (AvgIpc) is 3.25. The van der Waals surface area contributed by atoms with Gasteiger partial charge in [0.05, 0.1) is 18.8 Å². The number of aliphatic hydroxyl groups is 1. The first-order chi connectivity index (χ1) is 11.2. The molecule has 1 aromatic carbocycles. The van der Waals surface area contributed by atoms with Crippen LogP contribution in [0.3, 0.4) is 0 Å². The van der Waals surface area contributed by atoms with Gasteiger partial charge in [-0.2, -0.15) is 0 Å². The van der Waals surface area contributed by atoms with Gasteiger partial charge in [0.2, 0.25) is 6.79 Å². The number of fused-ring (bicyclic) bond motifs is 6. The maximum absolute atomic E-state index is 11.0. The molecule has 3 aliphatic rings. The highest BCUT2D eigenvalue weighted by Gasteiger charge is 2.53. The molecular formula is C17H22O6. The summed E-state index contributed by atoms with van der Waals surface area (Å²) in [5.41, 5.74) is 2.09. The molecule has 6 nitrogen and oxygen atoms in total. The summed E-state index contributed by atoms with van der Waals surface area (Å²) in [6.45, 7) is 5.87. The fourth-order valence-corrected chi connectivity index (χ4v) is 3.54. The van der Waals surface area contributed by atoms with E-state index in [9.17, 15) is 9.90 Å². The van der Waals surface area contributed by atoms with Crippen molar-refractivity contribution >= 4 is 5.97 Å². The van der Waals surface area contributed by atoms with Gasteiger partial charge in [0.15, 0.2) is 11.5 Å². The van der Waals surface area contributed by atoms with Crippen molar-refractivity contribution in [3.8, 4) is 11.5 Å². The molecule has 2 bridgehead atoms. The summed E-state index contributed by atoms with van der Waals surface area (Å²) in [7, 11) is 0. The van der Waals surface area contributed by atoms with Gasteiger partial charge in [-0.3, -0.25) is 4.79 Å². The number of hydrogen-bond acceptors (Lipinski definition) is 6. The Balaban J connectivity index is 0.000000753. The molecule has 3 aliphatic heterocycles. The molecular weight excluding hydrogens is 300 g/mol. The van der Waals surface area contributed by atoms with Crippen molar-refractivity contribution in [2.24, 2.45) is 11.8 Å². The molecule has 0 amide bonds. The first-order valence-electron chi connectivity index (χ1n) is 8.02. The second-order valence-electron chi connectivity index (χ2n) is 5.62. The molecule has 0 spiro atoms. The monoisotopic (exact) mass is 322 g/mol. The van der Waals surface area contributed by atoms with E-state index < -0.39 is 0 Å². The highest BCUT2D eigenvalue weighted by Crippen LogP contribution is 2.59. The van der Waals surface area contributed by atoms with Gasteiger partial charge in [-0.05, 0) is 23.3 Å². The third-order valence-electron chi connectivity index (χ3n) is 4.50. The van der Waals surface area contributed by atoms with E-state index in [1.165, 1.54) is 6.92 Å². The third-order valence-corrected chi connectivity index (χ3v) is 4.50.